The zero-order valence-corrected chi connectivity index (χ0v) is 17.4. The lowest BCUT2D eigenvalue weighted by Gasteiger charge is -2.13. The molecule has 0 unspecified atom stereocenters. The number of nitrogens with one attached hydrogen (secondary N) is 3. The first kappa shape index (κ1) is 22.4. The highest BCUT2D eigenvalue weighted by atomic mass is 19.3. The largest absolute Gasteiger partial charge is 0.454 e. The number of nitrogens with zero attached hydrogens (tertiary/aromatic N) is 2. The minimum atomic E-state index is -2.94. The predicted octanol–water partition coefficient (Wildman–Crippen LogP) is 3.36. The number of guanidine groups is 1. The molecule has 1 aromatic heterocycles. The van der Waals surface area contributed by atoms with Crippen LogP contribution in [-0.4, -0.2) is 44.0 Å². The Kier molecular flexibility index (Phi) is 8.50. The first-order valence-electron chi connectivity index (χ1n) is 10.2. The van der Waals surface area contributed by atoms with Crippen LogP contribution in [0, 0.1) is 0 Å². The van der Waals surface area contributed by atoms with Crippen LogP contribution in [0.25, 0.3) is 0 Å². The van der Waals surface area contributed by atoms with Crippen LogP contribution in [0.5, 0.6) is 17.2 Å². The standard InChI is InChI=1S/C21H27F2N5O3/c1-2-24-21(27-10-6-5-9-26-19-7-3-4-8-25-19)28-13-15-11-17-18(30-14-29-17)12-16(15)31-20(22)23/h3-4,7-8,11-12,20H,2,5-6,9-10,13-14H2,1H3,(H,25,26)(H2,24,27,28). The topological polar surface area (TPSA) is 89.0 Å². The van der Waals surface area contributed by atoms with Gasteiger partial charge in [-0.05, 0) is 38.0 Å². The monoisotopic (exact) mass is 435 g/mol. The fraction of sp³-hybridized carbons (Fsp3) is 0.429. The van der Waals surface area contributed by atoms with Crippen LogP contribution in [0.1, 0.15) is 25.3 Å². The number of pyridine rings is 1. The molecule has 8 nitrogen and oxygen atoms in total. The van der Waals surface area contributed by atoms with Crippen LogP contribution in [0.2, 0.25) is 0 Å². The second-order valence-electron chi connectivity index (χ2n) is 6.66. The third-order valence-corrected chi connectivity index (χ3v) is 4.39. The van der Waals surface area contributed by atoms with Crippen molar-refractivity contribution in [1.29, 1.82) is 0 Å². The quantitative estimate of drug-likeness (QED) is 0.283. The van der Waals surface area contributed by atoms with Crippen molar-refractivity contribution in [3.63, 3.8) is 0 Å². The molecular formula is C21H27F2N5O3. The molecule has 0 spiro atoms. The minimum absolute atomic E-state index is 0.0273. The van der Waals surface area contributed by atoms with Crippen LogP contribution in [0.4, 0.5) is 14.6 Å². The summed E-state index contributed by atoms with van der Waals surface area (Å²) in [6.45, 7) is 1.43. The van der Waals surface area contributed by atoms with E-state index in [2.05, 4.69) is 30.7 Å². The number of aromatic nitrogens is 1. The zero-order valence-electron chi connectivity index (χ0n) is 17.4. The van der Waals surface area contributed by atoms with Crippen molar-refractivity contribution in [3.8, 4) is 17.2 Å². The summed E-state index contributed by atoms with van der Waals surface area (Å²) in [7, 11) is 0. The van der Waals surface area contributed by atoms with Gasteiger partial charge in [0.1, 0.15) is 11.6 Å². The van der Waals surface area contributed by atoms with E-state index in [4.69, 9.17) is 9.47 Å². The van der Waals surface area contributed by atoms with Gasteiger partial charge >= 0.3 is 6.61 Å². The number of hydrogen-bond donors (Lipinski definition) is 3. The van der Waals surface area contributed by atoms with Crippen molar-refractivity contribution < 1.29 is 23.0 Å². The molecule has 10 heteroatoms. The summed E-state index contributed by atoms with van der Waals surface area (Å²) in [6.07, 6.45) is 3.63. The van der Waals surface area contributed by atoms with E-state index < -0.39 is 6.61 Å². The van der Waals surface area contributed by atoms with Gasteiger partial charge in [0.05, 0.1) is 6.54 Å². The number of hydrogen-bond acceptors (Lipinski definition) is 6. The molecule has 168 valence electrons. The molecule has 3 N–H and O–H groups in total. The van der Waals surface area contributed by atoms with Gasteiger partial charge in [0.15, 0.2) is 17.5 Å². The zero-order chi connectivity index (χ0) is 21.9. The van der Waals surface area contributed by atoms with Gasteiger partial charge in [-0.15, -0.1) is 0 Å². The van der Waals surface area contributed by atoms with E-state index in [-0.39, 0.29) is 19.1 Å². The lowest BCUT2D eigenvalue weighted by atomic mass is 10.1. The molecule has 0 aliphatic carbocycles. The van der Waals surface area contributed by atoms with Crippen LogP contribution in [0.15, 0.2) is 41.5 Å². The van der Waals surface area contributed by atoms with E-state index in [0.29, 0.717) is 29.6 Å². The SMILES string of the molecule is CCNC(=NCc1cc2c(cc1OC(F)F)OCO2)NCCCCNc1ccccn1. The highest BCUT2D eigenvalue weighted by Crippen LogP contribution is 2.39. The Morgan fingerprint density at radius 3 is 2.71 bits per heavy atom. The number of ether oxygens (including phenoxy) is 3. The number of halogens is 2. The second kappa shape index (κ2) is 11.8. The predicted molar refractivity (Wildman–Crippen MR) is 114 cm³/mol. The highest BCUT2D eigenvalue weighted by Gasteiger charge is 2.20. The number of rotatable bonds is 11. The first-order chi connectivity index (χ1) is 15.2. The molecule has 0 saturated carbocycles. The maximum atomic E-state index is 12.8. The normalized spacial score (nSPS) is 12.7. The summed E-state index contributed by atoms with van der Waals surface area (Å²) in [4.78, 5) is 8.71. The number of alkyl halides is 2. The van der Waals surface area contributed by atoms with E-state index in [1.54, 1.807) is 12.3 Å². The van der Waals surface area contributed by atoms with Gasteiger partial charge in [-0.25, -0.2) is 9.98 Å². The van der Waals surface area contributed by atoms with Crippen molar-refractivity contribution in [1.82, 2.24) is 15.6 Å². The Balaban J connectivity index is 1.51. The Hall–Kier alpha value is -3.30. The van der Waals surface area contributed by atoms with Gasteiger partial charge in [-0.1, -0.05) is 6.07 Å². The molecule has 31 heavy (non-hydrogen) atoms. The Bertz CT molecular complexity index is 852. The molecule has 0 radical (unpaired) electrons. The van der Waals surface area contributed by atoms with Crippen molar-refractivity contribution in [3.05, 3.63) is 42.1 Å². The second-order valence-corrected chi connectivity index (χ2v) is 6.66. The summed E-state index contributed by atoms with van der Waals surface area (Å²) < 4.78 is 40.8. The fourth-order valence-electron chi connectivity index (χ4n) is 2.94. The van der Waals surface area contributed by atoms with E-state index in [0.717, 1.165) is 31.7 Å². The lowest BCUT2D eigenvalue weighted by molar-refractivity contribution is -0.0505. The van der Waals surface area contributed by atoms with E-state index in [9.17, 15) is 8.78 Å². The molecular weight excluding hydrogens is 408 g/mol. The van der Waals surface area contributed by atoms with Gasteiger partial charge in [-0.2, -0.15) is 8.78 Å². The van der Waals surface area contributed by atoms with Crippen molar-refractivity contribution in [2.75, 3.05) is 31.7 Å². The fourth-order valence-corrected chi connectivity index (χ4v) is 2.94. The van der Waals surface area contributed by atoms with Crippen LogP contribution >= 0.6 is 0 Å². The number of fused-ring (bicyclic) bond motifs is 1. The van der Waals surface area contributed by atoms with E-state index >= 15 is 0 Å². The van der Waals surface area contributed by atoms with Gasteiger partial charge in [0.25, 0.3) is 0 Å². The summed E-state index contributed by atoms with van der Waals surface area (Å²) in [6, 6.07) is 8.78. The summed E-state index contributed by atoms with van der Waals surface area (Å²) in [5, 5.41) is 9.67. The number of benzene rings is 1. The molecule has 1 aliphatic heterocycles. The van der Waals surface area contributed by atoms with Gasteiger partial charge in [0, 0.05) is 37.5 Å². The molecule has 3 rings (SSSR count). The average Bonchev–Trinajstić information content (AvgIpc) is 3.21. The van der Waals surface area contributed by atoms with Crippen molar-refractivity contribution >= 4 is 11.8 Å². The third kappa shape index (κ3) is 7.16. The Labute approximate surface area is 180 Å². The van der Waals surface area contributed by atoms with Crippen LogP contribution in [0.3, 0.4) is 0 Å². The smallest absolute Gasteiger partial charge is 0.387 e. The van der Waals surface area contributed by atoms with Crippen molar-refractivity contribution in [2.24, 2.45) is 4.99 Å². The number of aliphatic imine (C=N–C) groups is 1. The Morgan fingerprint density at radius 2 is 1.97 bits per heavy atom. The molecule has 1 aromatic carbocycles. The number of unbranched alkanes of at least 4 members (excludes halogenated alkanes) is 1. The van der Waals surface area contributed by atoms with E-state index in [1.807, 2.05) is 25.1 Å². The highest BCUT2D eigenvalue weighted by molar-refractivity contribution is 5.79. The maximum absolute atomic E-state index is 12.8. The molecule has 0 saturated heterocycles. The molecule has 0 amide bonds. The molecule has 0 atom stereocenters. The summed E-state index contributed by atoms with van der Waals surface area (Å²) in [5.41, 5.74) is 0.487. The lowest BCUT2D eigenvalue weighted by Crippen LogP contribution is -2.37. The van der Waals surface area contributed by atoms with E-state index in [1.165, 1.54) is 6.07 Å². The molecule has 2 aromatic rings. The van der Waals surface area contributed by atoms with Crippen LogP contribution < -0.4 is 30.2 Å². The minimum Gasteiger partial charge on any atom is -0.454 e. The first-order valence-corrected chi connectivity index (χ1v) is 10.2. The summed E-state index contributed by atoms with van der Waals surface area (Å²) >= 11 is 0. The Morgan fingerprint density at radius 1 is 1.16 bits per heavy atom. The number of anilines is 1. The molecule has 1 aliphatic rings. The third-order valence-electron chi connectivity index (χ3n) is 4.39. The molecule has 2 heterocycles. The van der Waals surface area contributed by atoms with Gasteiger partial charge in [0.2, 0.25) is 6.79 Å². The molecule has 0 fully saturated rings. The van der Waals surface area contributed by atoms with Crippen LogP contribution in [-0.2, 0) is 6.54 Å². The van der Waals surface area contributed by atoms with Gasteiger partial charge < -0.3 is 30.2 Å². The molecule has 0 bridgehead atoms. The summed E-state index contributed by atoms with van der Waals surface area (Å²) in [5.74, 6) is 2.36. The van der Waals surface area contributed by atoms with Gasteiger partial charge in [-0.3, -0.25) is 0 Å². The van der Waals surface area contributed by atoms with Crippen molar-refractivity contribution in [2.45, 2.75) is 32.9 Å². The average molecular weight is 435 g/mol. The maximum Gasteiger partial charge on any atom is 0.387 e.